The van der Waals surface area contributed by atoms with Crippen LogP contribution in [0.5, 0.6) is 0 Å². The number of aliphatic hydroxyl groups is 1. The molecule has 77 valence electrons. The molecular weight excluding hydrogens is 194 g/mol. The molecule has 2 rings (SSSR count). The van der Waals surface area contributed by atoms with Gasteiger partial charge in [0.1, 0.15) is 0 Å². The molecule has 0 saturated carbocycles. The minimum atomic E-state index is -0.950. The van der Waals surface area contributed by atoms with E-state index in [1.165, 1.54) is 0 Å². The molecule has 15 heavy (non-hydrogen) atoms. The molecule has 0 aliphatic heterocycles. The lowest BCUT2D eigenvalue weighted by Gasteiger charge is -2.02. The van der Waals surface area contributed by atoms with E-state index >= 15 is 0 Å². The summed E-state index contributed by atoms with van der Waals surface area (Å²) < 4.78 is 1.78. The molecule has 0 saturated heterocycles. The molecule has 1 heterocycles. The molecule has 4 heteroatoms. The first kappa shape index (κ1) is 9.73. The number of benzene rings is 1. The number of aliphatic hydroxyl groups excluding tert-OH is 1. The van der Waals surface area contributed by atoms with Gasteiger partial charge in [-0.1, -0.05) is 6.07 Å². The second kappa shape index (κ2) is 3.74. The van der Waals surface area contributed by atoms with Gasteiger partial charge in [-0.05, 0) is 12.1 Å². The van der Waals surface area contributed by atoms with E-state index in [1.54, 1.807) is 29.0 Å². The van der Waals surface area contributed by atoms with Gasteiger partial charge in [0, 0.05) is 29.7 Å². The molecule has 0 unspecified atom stereocenters. The normalized spacial score (nSPS) is 10.7. The third kappa shape index (κ3) is 1.71. The zero-order valence-electron chi connectivity index (χ0n) is 7.97. The Morgan fingerprint density at radius 3 is 2.93 bits per heavy atom. The molecule has 2 aromatic rings. The van der Waals surface area contributed by atoms with Crippen LogP contribution in [0.1, 0.15) is 10.4 Å². The predicted octanol–water partition coefficient (Wildman–Crippen LogP) is 1.13. The molecule has 0 atom stereocenters. The Bertz CT molecular complexity index is 502. The van der Waals surface area contributed by atoms with Crippen molar-refractivity contribution in [3.05, 3.63) is 36.0 Å². The molecule has 4 nitrogen and oxygen atoms in total. The first-order valence-electron chi connectivity index (χ1n) is 4.57. The van der Waals surface area contributed by atoms with E-state index in [2.05, 4.69) is 6.07 Å². The first-order chi connectivity index (χ1) is 7.22. The lowest BCUT2D eigenvalue weighted by molar-refractivity contribution is 0.0697. The molecule has 0 amide bonds. The van der Waals surface area contributed by atoms with Gasteiger partial charge in [-0.3, -0.25) is 0 Å². The molecule has 0 aliphatic carbocycles. The highest BCUT2D eigenvalue weighted by atomic mass is 16.4. The van der Waals surface area contributed by atoms with E-state index in [0.29, 0.717) is 6.54 Å². The van der Waals surface area contributed by atoms with E-state index in [4.69, 9.17) is 10.2 Å². The number of carbonyl (C=O) groups is 1. The highest BCUT2D eigenvalue weighted by Crippen LogP contribution is 2.17. The average molecular weight is 204 g/mol. The summed E-state index contributed by atoms with van der Waals surface area (Å²) in [6.45, 7) is 0.470. The maximum atomic E-state index is 10.8. The lowest BCUT2D eigenvalue weighted by Crippen LogP contribution is -2.01. The summed E-state index contributed by atoms with van der Waals surface area (Å²) in [4.78, 5) is 10.8. The number of nitrogens with zero attached hydrogens (tertiary/aromatic N) is 1. The molecule has 1 aromatic heterocycles. The smallest absolute Gasteiger partial charge is 0.335 e. The third-order valence-electron chi connectivity index (χ3n) is 2.27. The van der Waals surface area contributed by atoms with Crippen LogP contribution in [0.25, 0.3) is 10.9 Å². The molecule has 2 N–H and O–H groups in total. The van der Waals surface area contributed by atoms with E-state index in [0.717, 1.165) is 10.9 Å². The van der Waals surface area contributed by atoms with Crippen molar-refractivity contribution < 1.29 is 15.0 Å². The molecule has 0 aliphatic rings. The van der Waals surface area contributed by atoms with Crippen LogP contribution in [0.3, 0.4) is 0 Å². The van der Waals surface area contributed by atoms with Gasteiger partial charge in [0.2, 0.25) is 0 Å². The largest absolute Gasteiger partial charge is 0.478 e. The second-order valence-corrected chi connectivity index (χ2v) is 3.23. The monoisotopic (exact) mass is 204 g/mol. The lowest BCUT2D eigenvalue weighted by atomic mass is 10.2. The average Bonchev–Trinajstić information content (AvgIpc) is 2.61. The number of carboxylic acids is 1. The number of hydrogen-bond acceptors (Lipinski definition) is 2. The van der Waals surface area contributed by atoms with Crippen LogP contribution < -0.4 is 0 Å². The zero-order chi connectivity index (χ0) is 10.8. The number of aromatic carboxylic acids is 1. The van der Waals surface area contributed by atoms with Crippen molar-refractivity contribution in [1.82, 2.24) is 4.57 Å². The number of aromatic nitrogens is 1. The molecule has 1 aromatic carbocycles. The van der Waals surface area contributed by atoms with Crippen LogP contribution in [-0.4, -0.2) is 27.4 Å². The van der Waals surface area contributed by atoms with Gasteiger partial charge in [-0.2, -0.15) is 0 Å². The van der Waals surface area contributed by atoms with Crippen LogP contribution in [0.15, 0.2) is 24.4 Å². The highest BCUT2D eigenvalue weighted by Gasteiger charge is 2.06. The Morgan fingerprint density at radius 1 is 1.47 bits per heavy atom. The Hall–Kier alpha value is -1.81. The van der Waals surface area contributed by atoms with E-state index in [1.807, 2.05) is 0 Å². The van der Waals surface area contributed by atoms with Crippen LogP contribution >= 0.6 is 0 Å². The fourth-order valence-corrected chi connectivity index (χ4v) is 1.53. The van der Waals surface area contributed by atoms with Gasteiger partial charge in [-0.15, -0.1) is 0 Å². The van der Waals surface area contributed by atoms with E-state index in [-0.39, 0.29) is 12.2 Å². The van der Waals surface area contributed by atoms with E-state index < -0.39 is 5.97 Å². The topological polar surface area (TPSA) is 62.5 Å². The van der Waals surface area contributed by atoms with Crippen molar-refractivity contribution in [3.8, 4) is 0 Å². The summed E-state index contributed by atoms with van der Waals surface area (Å²) in [5.74, 6) is -0.950. The molecule has 0 fully saturated rings. The number of rotatable bonds is 3. The SMILES string of the molecule is O=C(O)c1ccc2[c]cn(CCO)c2c1. The van der Waals surface area contributed by atoms with Crippen molar-refractivity contribution in [2.45, 2.75) is 6.54 Å². The van der Waals surface area contributed by atoms with Crippen molar-refractivity contribution >= 4 is 16.9 Å². The van der Waals surface area contributed by atoms with Gasteiger partial charge in [0.05, 0.1) is 12.2 Å². The van der Waals surface area contributed by atoms with Gasteiger partial charge < -0.3 is 14.8 Å². The molecular formula is C11H10NO3. The second-order valence-electron chi connectivity index (χ2n) is 3.23. The van der Waals surface area contributed by atoms with Crippen LogP contribution in [0.2, 0.25) is 0 Å². The predicted molar refractivity (Wildman–Crippen MR) is 54.8 cm³/mol. The van der Waals surface area contributed by atoms with E-state index in [9.17, 15) is 4.79 Å². The summed E-state index contributed by atoms with van der Waals surface area (Å²) in [5, 5.41) is 18.5. The van der Waals surface area contributed by atoms with Crippen molar-refractivity contribution in [2.75, 3.05) is 6.61 Å². The maximum absolute atomic E-state index is 10.8. The summed E-state index contributed by atoms with van der Waals surface area (Å²) >= 11 is 0. The van der Waals surface area contributed by atoms with Crippen molar-refractivity contribution in [2.24, 2.45) is 0 Å². The minimum Gasteiger partial charge on any atom is -0.478 e. The standard InChI is InChI=1S/C11H10NO3/c13-6-5-12-4-3-8-1-2-9(11(14)15)7-10(8)12/h1-2,4,7,13H,5-6H2,(H,14,15). The summed E-state index contributed by atoms with van der Waals surface area (Å²) in [6.07, 6.45) is 1.71. The van der Waals surface area contributed by atoms with Gasteiger partial charge >= 0.3 is 5.97 Å². The first-order valence-corrected chi connectivity index (χ1v) is 4.57. The Kier molecular flexibility index (Phi) is 2.43. The van der Waals surface area contributed by atoms with Crippen molar-refractivity contribution in [3.63, 3.8) is 0 Å². The van der Waals surface area contributed by atoms with Crippen LogP contribution in [0, 0.1) is 6.07 Å². The summed E-state index contributed by atoms with van der Waals surface area (Å²) in [7, 11) is 0. The number of carboxylic acid groups (broad SMARTS) is 1. The molecule has 0 bridgehead atoms. The van der Waals surface area contributed by atoms with Crippen molar-refractivity contribution in [1.29, 1.82) is 0 Å². The van der Waals surface area contributed by atoms with Gasteiger partial charge in [0.15, 0.2) is 0 Å². The Labute approximate surface area is 86.4 Å². The van der Waals surface area contributed by atoms with Crippen LogP contribution in [0.4, 0.5) is 0 Å². The Balaban J connectivity index is 2.56. The fraction of sp³-hybridized carbons (Fsp3) is 0.182. The molecule has 0 spiro atoms. The van der Waals surface area contributed by atoms with Gasteiger partial charge in [0.25, 0.3) is 0 Å². The number of hydrogen-bond donors (Lipinski definition) is 2. The highest BCUT2D eigenvalue weighted by molar-refractivity contribution is 5.93. The molecule has 1 radical (unpaired) electrons. The fourth-order valence-electron chi connectivity index (χ4n) is 1.53. The Morgan fingerprint density at radius 2 is 2.27 bits per heavy atom. The third-order valence-corrected chi connectivity index (χ3v) is 2.27. The quantitative estimate of drug-likeness (QED) is 0.787. The number of fused-ring (bicyclic) bond motifs is 1. The maximum Gasteiger partial charge on any atom is 0.335 e. The van der Waals surface area contributed by atoms with Crippen LogP contribution in [-0.2, 0) is 6.54 Å². The van der Waals surface area contributed by atoms with Gasteiger partial charge in [-0.25, -0.2) is 4.79 Å². The summed E-state index contributed by atoms with van der Waals surface area (Å²) in [5.41, 5.74) is 1.03. The summed E-state index contributed by atoms with van der Waals surface area (Å²) in [6, 6.07) is 7.85. The zero-order valence-corrected chi connectivity index (χ0v) is 7.97. The minimum absolute atomic E-state index is 0.0227.